The molecular weight excluding hydrogens is 268 g/mol. The highest BCUT2D eigenvalue weighted by molar-refractivity contribution is 7.12. The van der Waals surface area contributed by atoms with Gasteiger partial charge in [-0.25, -0.2) is 0 Å². The van der Waals surface area contributed by atoms with E-state index in [1.165, 1.54) is 15.3 Å². The number of thiophene rings is 1. The zero-order chi connectivity index (χ0) is 14.5. The van der Waals surface area contributed by atoms with Crippen LogP contribution in [0.4, 0.5) is 0 Å². The summed E-state index contributed by atoms with van der Waals surface area (Å²) in [5, 5.41) is 3.44. The first-order chi connectivity index (χ1) is 9.54. The maximum absolute atomic E-state index is 5.79. The van der Waals surface area contributed by atoms with E-state index in [2.05, 4.69) is 37.1 Å². The highest BCUT2D eigenvalue weighted by Crippen LogP contribution is 2.23. The molecule has 0 bridgehead atoms. The van der Waals surface area contributed by atoms with Gasteiger partial charge in [0.15, 0.2) is 0 Å². The molecule has 4 heteroatoms. The van der Waals surface area contributed by atoms with Crippen LogP contribution in [-0.4, -0.2) is 11.0 Å². The Kier molecular flexibility index (Phi) is 5.15. The molecule has 2 heterocycles. The number of aryl methyl sites for hydroxylation is 2. The zero-order valence-corrected chi connectivity index (χ0v) is 13.4. The molecule has 0 saturated heterocycles. The molecule has 0 atom stereocenters. The van der Waals surface area contributed by atoms with Gasteiger partial charge < -0.3 is 10.1 Å². The van der Waals surface area contributed by atoms with E-state index in [1.54, 1.807) is 6.20 Å². The second-order valence-electron chi connectivity index (χ2n) is 5.25. The summed E-state index contributed by atoms with van der Waals surface area (Å²) in [4.78, 5) is 6.92. The van der Waals surface area contributed by atoms with Crippen molar-refractivity contribution in [3.05, 3.63) is 45.4 Å². The molecule has 20 heavy (non-hydrogen) atoms. The van der Waals surface area contributed by atoms with Gasteiger partial charge in [0, 0.05) is 33.6 Å². The van der Waals surface area contributed by atoms with E-state index in [-0.39, 0.29) is 0 Å². The summed E-state index contributed by atoms with van der Waals surface area (Å²) < 4.78 is 5.79. The molecule has 108 valence electrons. The number of nitrogens with one attached hydrogen (secondary N) is 1. The number of pyridine rings is 1. The molecule has 0 saturated carbocycles. The van der Waals surface area contributed by atoms with Crippen molar-refractivity contribution in [1.29, 1.82) is 0 Å². The lowest BCUT2D eigenvalue weighted by Crippen LogP contribution is -2.21. The van der Waals surface area contributed by atoms with Crippen LogP contribution in [0, 0.1) is 13.8 Å². The Morgan fingerprint density at radius 1 is 1.30 bits per heavy atom. The first kappa shape index (κ1) is 15.0. The van der Waals surface area contributed by atoms with Crippen molar-refractivity contribution in [2.75, 3.05) is 0 Å². The van der Waals surface area contributed by atoms with Gasteiger partial charge in [-0.1, -0.05) is 13.8 Å². The zero-order valence-electron chi connectivity index (χ0n) is 12.6. The van der Waals surface area contributed by atoms with E-state index in [9.17, 15) is 0 Å². The van der Waals surface area contributed by atoms with E-state index in [1.807, 2.05) is 30.4 Å². The largest absolute Gasteiger partial charge is 0.487 e. The van der Waals surface area contributed by atoms with E-state index in [4.69, 9.17) is 4.74 Å². The topological polar surface area (TPSA) is 34.1 Å². The molecular formula is C16H22N2OS. The monoisotopic (exact) mass is 290 g/mol. The van der Waals surface area contributed by atoms with Gasteiger partial charge in [-0.3, -0.25) is 4.98 Å². The Morgan fingerprint density at radius 3 is 2.75 bits per heavy atom. The van der Waals surface area contributed by atoms with E-state index in [0.717, 1.165) is 18.0 Å². The highest BCUT2D eigenvalue weighted by Gasteiger charge is 2.07. The van der Waals surface area contributed by atoms with E-state index >= 15 is 0 Å². The predicted octanol–water partition coefficient (Wildman–Crippen LogP) is 3.84. The minimum atomic E-state index is 0.510. The van der Waals surface area contributed by atoms with Crippen molar-refractivity contribution < 1.29 is 4.74 Å². The molecule has 0 fully saturated rings. The fraction of sp³-hybridized carbons (Fsp3) is 0.438. The molecule has 0 radical (unpaired) electrons. The third-order valence-electron chi connectivity index (χ3n) is 3.03. The third-order valence-corrected chi connectivity index (χ3v) is 4.13. The van der Waals surface area contributed by atoms with Crippen molar-refractivity contribution in [3.8, 4) is 5.75 Å². The molecule has 2 rings (SSSR count). The van der Waals surface area contributed by atoms with Gasteiger partial charge in [0.05, 0.1) is 6.20 Å². The Bertz CT molecular complexity index is 546. The quantitative estimate of drug-likeness (QED) is 0.877. The molecule has 0 amide bonds. The summed E-state index contributed by atoms with van der Waals surface area (Å²) >= 11 is 1.84. The fourth-order valence-corrected chi connectivity index (χ4v) is 2.82. The normalized spacial score (nSPS) is 11.1. The van der Waals surface area contributed by atoms with Crippen LogP contribution >= 0.6 is 11.3 Å². The standard InChI is InChI=1S/C16H22N2OS/c1-11(2)17-9-16-7-14(13(4)20-16)10-19-15-6-5-12(3)18-8-15/h5-8,11,17H,9-10H2,1-4H3. The summed E-state index contributed by atoms with van der Waals surface area (Å²) in [5.41, 5.74) is 2.27. The minimum absolute atomic E-state index is 0.510. The number of ether oxygens (including phenoxy) is 1. The van der Waals surface area contributed by atoms with E-state index in [0.29, 0.717) is 12.6 Å². The SMILES string of the molecule is Cc1ccc(OCc2cc(CNC(C)C)sc2C)cn1. The lowest BCUT2D eigenvalue weighted by Gasteiger charge is -2.06. The minimum Gasteiger partial charge on any atom is -0.487 e. The van der Waals surface area contributed by atoms with Gasteiger partial charge in [-0.05, 0) is 32.0 Å². The average Bonchev–Trinajstić information content (AvgIpc) is 2.76. The van der Waals surface area contributed by atoms with Gasteiger partial charge in [0.1, 0.15) is 12.4 Å². The van der Waals surface area contributed by atoms with Crippen molar-refractivity contribution >= 4 is 11.3 Å². The summed E-state index contributed by atoms with van der Waals surface area (Å²) in [7, 11) is 0. The Balaban J connectivity index is 1.94. The molecule has 0 aliphatic carbocycles. The van der Waals surface area contributed by atoms with Gasteiger partial charge in [-0.15, -0.1) is 11.3 Å². The molecule has 0 spiro atoms. The van der Waals surface area contributed by atoms with Crippen LogP contribution in [0.15, 0.2) is 24.4 Å². The Labute approximate surface area is 125 Å². The average molecular weight is 290 g/mol. The smallest absolute Gasteiger partial charge is 0.138 e. The van der Waals surface area contributed by atoms with Crippen LogP contribution < -0.4 is 10.1 Å². The molecule has 2 aromatic heterocycles. The van der Waals surface area contributed by atoms with Gasteiger partial charge >= 0.3 is 0 Å². The van der Waals surface area contributed by atoms with Crippen molar-refractivity contribution in [1.82, 2.24) is 10.3 Å². The Hall–Kier alpha value is -1.39. The van der Waals surface area contributed by atoms with Gasteiger partial charge in [0.2, 0.25) is 0 Å². The number of rotatable bonds is 6. The lowest BCUT2D eigenvalue weighted by atomic mass is 10.2. The van der Waals surface area contributed by atoms with Crippen LogP contribution in [0.1, 0.15) is 34.9 Å². The number of hydrogen-bond donors (Lipinski definition) is 1. The summed E-state index contributed by atoms with van der Waals surface area (Å²) in [6.45, 7) is 9.98. The first-order valence-electron chi connectivity index (χ1n) is 6.91. The number of nitrogens with zero attached hydrogens (tertiary/aromatic N) is 1. The summed E-state index contributed by atoms with van der Waals surface area (Å²) in [5.74, 6) is 0.822. The molecule has 1 N–H and O–H groups in total. The summed E-state index contributed by atoms with van der Waals surface area (Å²) in [6.07, 6.45) is 1.78. The molecule has 0 aliphatic rings. The Morgan fingerprint density at radius 2 is 2.10 bits per heavy atom. The van der Waals surface area contributed by atoms with Crippen molar-refractivity contribution in [2.45, 2.75) is 46.9 Å². The van der Waals surface area contributed by atoms with Gasteiger partial charge in [0.25, 0.3) is 0 Å². The van der Waals surface area contributed by atoms with Crippen molar-refractivity contribution in [3.63, 3.8) is 0 Å². The highest BCUT2D eigenvalue weighted by atomic mass is 32.1. The lowest BCUT2D eigenvalue weighted by molar-refractivity contribution is 0.304. The molecule has 0 unspecified atom stereocenters. The predicted molar refractivity (Wildman–Crippen MR) is 84.3 cm³/mol. The van der Waals surface area contributed by atoms with Crippen LogP contribution in [-0.2, 0) is 13.2 Å². The molecule has 0 aromatic carbocycles. The molecule has 2 aromatic rings. The second kappa shape index (κ2) is 6.86. The van der Waals surface area contributed by atoms with Crippen LogP contribution in [0.5, 0.6) is 5.75 Å². The third kappa shape index (κ3) is 4.32. The van der Waals surface area contributed by atoms with Crippen molar-refractivity contribution in [2.24, 2.45) is 0 Å². The summed E-state index contributed by atoms with van der Waals surface area (Å²) in [6, 6.07) is 6.67. The second-order valence-corrected chi connectivity index (χ2v) is 6.59. The van der Waals surface area contributed by atoms with Gasteiger partial charge in [-0.2, -0.15) is 0 Å². The van der Waals surface area contributed by atoms with Crippen LogP contribution in [0.25, 0.3) is 0 Å². The molecule has 3 nitrogen and oxygen atoms in total. The van der Waals surface area contributed by atoms with E-state index < -0.39 is 0 Å². The van der Waals surface area contributed by atoms with Crippen LogP contribution in [0.3, 0.4) is 0 Å². The number of aromatic nitrogens is 1. The maximum Gasteiger partial charge on any atom is 0.138 e. The van der Waals surface area contributed by atoms with Crippen LogP contribution in [0.2, 0.25) is 0 Å². The first-order valence-corrected chi connectivity index (χ1v) is 7.73. The molecule has 0 aliphatic heterocycles. The maximum atomic E-state index is 5.79. The fourth-order valence-electron chi connectivity index (χ4n) is 1.82. The number of hydrogen-bond acceptors (Lipinski definition) is 4.